The zero-order valence-corrected chi connectivity index (χ0v) is 13.1. The second kappa shape index (κ2) is 4.99. The normalized spacial score (nSPS) is 12.8. The van der Waals surface area contributed by atoms with Crippen LogP contribution in [-0.2, 0) is 6.42 Å². The Morgan fingerprint density at radius 2 is 2.13 bits per heavy atom. The molecule has 0 unspecified atom stereocenters. The largest absolute Gasteiger partial charge is 0.372 e. The van der Waals surface area contributed by atoms with Crippen molar-refractivity contribution in [1.29, 1.82) is 5.26 Å². The molecule has 0 atom stereocenters. The Kier molecular flexibility index (Phi) is 2.95. The lowest BCUT2D eigenvalue weighted by Gasteiger charge is -2.04. The number of nitrogens with zero attached hydrogens (tertiary/aromatic N) is 3. The SMILES string of the molecule is CNc1c(C2=Cc3cc(C)ccc3C2)nc2cc(C#N)ccn12. The molecule has 0 spiro atoms. The van der Waals surface area contributed by atoms with Crippen LogP contribution in [0, 0.1) is 18.3 Å². The number of pyridine rings is 1. The molecule has 112 valence electrons. The summed E-state index contributed by atoms with van der Waals surface area (Å²) in [4.78, 5) is 4.76. The Morgan fingerprint density at radius 3 is 2.91 bits per heavy atom. The van der Waals surface area contributed by atoms with E-state index in [9.17, 15) is 0 Å². The molecule has 0 saturated carbocycles. The molecule has 1 N–H and O–H groups in total. The van der Waals surface area contributed by atoms with E-state index in [4.69, 9.17) is 10.2 Å². The lowest BCUT2D eigenvalue weighted by atomic mass is 10.1. The second-order valence-electron chi connectivity index (χ2n) is 5.86. The quantitative estimate of drug-likeness (QED) is 0.786. The highest BCUT2D eigenvalue weighted by Crippen LogP contribution is 2.35. The van der Waals surface area contributed by atoms with Crippen LogP contribution >= 0.6 is 0 Å². The molecule has 4 rings (SSSR count). The maximum Gasteiger partial charge on any atom is 0.140 e. The first-order chi connectivity index (χ1) is 11.2. The smallest absolute Gasteiger partial charge is 0.140 e. The number of imidazole rings is 1. The van der Waals surface area contributed by atoms with Gasteiger partial charge in [0.15, 0.2) is 0 Å². The summed E-state index contributed by atoms with van der Waals surface area (Å²) < 4.78 is 1.99. The van der Waals surface area contributed by atoms with Gasteiger partial charge in [0, 0.05) is 19.7 Å². The molecule has 4 heteroatoms. The molecule has 0 amide bonds. The number of allylic oxidation sites excluding steroid dienone is 1. The highest BCUT2D eigenvalue weighted by molar-refractivity contribution is 5.91. The van der Waals surface area contributed by atoms with Crippen LogP contribution in [-0.4, -0.2) is 16.4 Å². The molecule has 0 fully saturated rings. The van der Waals surface area contributed by atoms with Crippen molar-refractivity contribution < 1.29 is 0 Å². The van der Waals surface area contributed by atoms with Crippen LogP contribution in [0.15, 0.2) is 36.5 Å². The lowest BCUT2D eigenvalue weighted by Crippen LogP contribution is -1.97. The number of aromatic nitrogens is 2. The fourth-order valence-corrected chi connectivity index (χ4v) is 3.18. The number of hydrogen-bond donors (Lipinski definition) is 1. The van der Waals surface area contributed by atoms with Crippen LogP contribution in [0.3, 0.4) is 0 Å². The number of aryl methyl sites for hydroxylation is 1. The molecular weight excluding hydrogens is 284 g/mol. The fourth-order valence-electron chi connectivity index (χ4n) is 3.18. The number of hydrogen-bond acceptors (Lipinski definition) is 3. The van der Waals surface area contributed by atoms with Crippen LogP contribution in [0.2, 0.25) is 0 Å². The van der Waals surface area contributed by atoms with E-state index < -0.39 is 0 Å². The van der Waals surface area contributed by atoms with E-state index in [1.165, 1.54) is 22.3 Å². The number of nitrogens with one attached hydrogen (secondary N) is 1. The summed E-state index contributed by atoms with van der Waals surface area (Å²) in [5.41, 5.74) is 7.45. The van der Waals surface area contributed by atoms with E-state index in [2.05, 4.69) is 42.6 Å². The van der Waals surface area contributed by atoms with Crippen molar-refractivity contribution in [3.8, 4) is 6.07 Å². The van der Waals surface area contributed by atoms with Gasteiger partial charge in [-0.25, -0.2) is 4.98 Å². The fraction of sp³-hybridized carbons (Fsp3) is 0.158. The Balaban J connectivity index is 1.87. The number of rotatable bonds is 2. The molecule has 0 bridgehead atoms. The van der Waals surface area contributed by atoms with Crippen molar-refractivity contribution in [2.75, 3.05) is 12.4 Å². The molecule has 4 nitrogen and oxygen atoms in total. The van der Waals surface area contributed by atoms with Crippen molar-refractivity contribution >= 4 is 23.1 Å². The van der Waals surface area contributed by atoms with E-state index >= 15 is 0 Å². The first kappa shape index (κ1) is 13.6. The maximum atomic E-state index is 9.07. The molecule has 1 aromatic carbocycles. The van der Waals surface area contributed by atoms with Gasteiger partial charge in [-0.2, -0.15) is 5.26 Å². The minimum absolute atomic E-state index is 0.621. The van der Waals surface area contributed by atoms with Crippen molar-refractivity contribution in [3.05, 3.63) is 64.5 Å². The van der Waals surface area contributed by atoms with E-state index in [0.29, 0.717) is 5.56 Å². The third kappa shape index (κ3) is 2.09. The lowest BCUT2D eigenvalue weighted by molar-refractivity contribution is 1.17. The third-order valence-electron chi connectivity index (χ3n) is 4.31. The molecule has 0 radical (unpaired) electrons. The van der Waals surface area contributed by atoms with Crippen molar-refractivity contribution in [3.63, 3.8) is 0 Å². The highest BCUT2D eigenvalue weighted by atomic mass is 15.1. The highest BCUT2D eigenvalue weighted by Gasteiger charge is 2.20. The van der Waals surface area contributed by atoms with E-state index in [1.807, 2.05) is 23.7 Å². The third-order valence-corrected chi connectivity index (χ3v) is 4.31. The first-order valence-electron chi connectivity index (χ1n) is 7.60. The van der Waals surface area contributed by atoms with Gasteiger partial charge in [0.25, 0.3) is 0 Å². The van der Waals surface area contributed by atoms with Gasteiger partial charge >= 0.3 is 0 Å². The number of benzene rings is 1. The monoisotopic (exact) mass is 300 g/mol. The van der Waals surface area contributed by atoms with Gasteiger partial charge in [0.05, 0.1) is 11.6 Å². The van der Waals surface area contributed by atoms with E-state index in [-0.39, 0.29) is 0 Å². The van der Waals surface area contributed by atoms with Crippen molar-refractivity contribution in [1.82, 2.24) is 9.38 Å². The van der Waals surface area contributed by atoms with E-state index in [1.54, 1.807) is 6.07 Å². The molecule has 2 heterocycles. The zero-order chi connectivity index (χ0) is 16.0. The standard InChI is InChI=1S/C19H16N4/c1-12-3-4-14-9-16(10-15(14)7-12)18-19(21-2)23-6-5-13(11-20)8-17(23)22-18/h3-8,10,21H,9H2,1-2H3. The average Bonchev–Trinajstić information content (AvgIpc) is 3.13. The Hall–Kier alpha value is -3.06. The number of nitriles is 1. The summed E-state index contributed by atoms with van der Waals surface area (Å²) in [7, 11) is 1.90. The number of anilines is 1. The summed E-state index contributed by atoms with van der Waals surface area (Å²) in [5.74, 6) is 0.959. The van der Waals surface area contributed by atoms with Crippen molar-refractivity contribution in [2.45, 2.75) is 13.3 Å². The summed E-state index contributed by atoms with van der Waals surface area (Å²) in [5, 5.41) is 12.3. The minimum atomic E-state index is 0.621. The predicted molar refractivity (Wildman–Crippen MR) is 92.2 cm³/mol. The summed E-state index contributed by atoms with van der Waals surface area (Å²) >= 11 is 0. The molecular formula is C19H16N4. The topological polar surface area (TPSA) is 53.1 Å². The summed E-state index contributed by atoms with van der Waals surface area (Å²) in [6, 6.07) is 12.3. The summed E-state index contributed by atoms with van der Waals surface area (Å²) in [6.45, 7) is 2.11. The molecule has 2 aromatic heterocycles. The Bertz CT molecular complexity index is 1000. The van der Waals surface area contributed by atoms with Crippen LogP contribution < -0.4 is 5.32 Å². The molecule has 3 aromatic rings. The average molecular weight is 300 g/mol. The van der Waals surface area contributed by atoms with E-state index in [0.717, 1.165) is 23.6 Å². The molecule has 0 aliphatic heterocycles. The van der Waals surface area contributed by atoms with Gasteiger partial charge in [0.2, 0.25) is 0 Å². The van der Waals surface area contributed by atoms with Crippen molar-refractivity contribution in [2.24, 2.45) is 0 Å². The van der Waals surface area contributed by atoms with Gasteiger partial charge in [-0.15, -0.1) is 0 Å². The van der Waals surface area contributed by atoms with Crippen LogP contribution in [0.1, 0.15) is 27.9 Å². The van der Waals surface area contributed by atoms with Gasteiger partial charge in [0.1, 0.15) is 17.2 Å². The van der Waals surface area contributed by atoms with Gasteiger partial charge in [-0.3, -0.25) is 4.40 Å². The molecule has 1 aliphatic rings. The van der Waals surface area contributed by atoms with Crippen LogP contribution in [0.25, 0.3) is 17.3 Å². The Morgan fingerprint density at radius 1 is 1.26 bits per heavy atom. The zero-order valence-electron chi connectivity index (χ0n) is 13.1. The second-order valence-corrected chi connectivity index (χ2v) is 5.86. The Labute approximate surface area is 134 Å². The van der Waals surface area contributed by atoms with Gasteiger partial charge < -0.3 is 5.32 Å². The maximum absolute atomic E-state index is 9.07. The van der Waals surface area contributed by atoms with Crippen LogP contribution in [0.4, 0.5) is 5.82 Å². The predicted octanol–water partition coefficient (Wildman–Crippen LogP) is 3.65. The molecule has 1 aliphatic carbocycles. The first-order valence-corrected chi connectivity index (χ1v) is 7.60. The van der Waals surface area contributed by atoms with Crippen LogP contribution in [0.5, 0.6) is 0 Å². The molecule has 0 saturated heterocycles. The number of fused-ring (bicyclic) bond motifs is 2. The molecule has 23 heavy (non-hydrogen) atoms. The van der Waals surface area contributed by atoms with Gasteiger partial charge in [-0.05, 0) is 41.8 Å². The minimum Gasteiger partial charge on any atom is -0.372 e. The van der Waals surface area contributed by atoms with Gasteiger partial charge in [-0.1, -0.05) is 23.8 Å². The summed E-state index contributed by atoms with van der Waals surface area (Å²) in [6.07, 6.45) is 5.00.